The fourth-order valence-electron chi connectivity index (χ4n) is 5.42. The highest BCUT2D eigenvalue weighted by molar-refractivity contribution is 7.15. The van der Waals surface area contributed by atoms with Crippen molar-refractivity contribution >= 4 is 22.4 Å². The fourth-order valence-corrected chi connectivity index (χ4v) is 6.45. The Labute approximate surface area is 136 Å². The van der Waals surface area contributed by atoms with Gasteiger partial charge in [0.05, 0.1) is 0 Å². The van der Waals surface area contributed by atoms with Crippen molar-refractivity contribution in [3.63, 3.8) is 0 Å². The van der Waals surface area contributed by atoms with E-state index in [1.165, 1.54) is 43.5 Å². The van der Waals surface area contributed by atoms with Crippen LogP contribution in [-0.4, -0.2) is 23.2 Å². The van der Waals surface area contributed by atoms with Gasteiger partial charge in [0.2, 0.25) is 11.0 Å². The molecule has 0 N–H and O–H groups in total. The number of carbonyl (C=O) groups excluding carboxylic acids is 1. The molecule has 4 aliphatic carbocycles. The van der Waals surface area contributed by atoms with Gasteiger partial charge in [-0.15, -0.1) is 10.2 Å². The molecule has 5 heteroatoms. The zero-order valence-electron chi connectivity index (χ0n) is 13.7. The molecule has 1 amide bonds. The maximum atomic E-state index is 12.2. The third-order valence-electron chi connectivity index (χ3n) is 6.02. The summed E-state index contributed by atoms with van der Waals surface area (Å²) in [5, 5.41) is 10.9. The monoisotopic (exact) mass is 319 g/mol. The molecule has 0 radical (unpaired) electrons. The Bertz CT molecular complexity index is 559. The van der Waals surface area contributed by atoms with Crippen LogP contribution >= 0.6 is 11.3 Å². The first kappa shape index (κ1) is 14.6. The molecule has 4 fully saturated rings. The van der Waals surface area contributed by atoms with E-state index in [-0.39, 0.29) is 17.2 Å². The van der Waals surface area contributed by atoms with Crippen molar-refractivity contribution in [1.29, 1.82) is 0 Å². The molecule has 120 valence electrons. The summed E-state index contributed by atoms with van der Waals surface area (Å²) < 4.78 is 0. The summed E-state index contributed by atoms with van der Waals surface area (Å²) in [7, 11) is 1.83. The zero-order chi connectivity index (χ0) is 15.5. The zero-order valence-corrected chi connectivity index (χ0v) is 14.5. The number of amides is 1. The lowest BCUT2D eigenvalue weighted by atomic mass is 9.50. The van der Waals surface area contributed by atoms with E-state index >= 15 is 0 Å². The minimum atomic E-state index is -0.00287. The van der Waals surface area contributed by atoms with Gasteiger partial charge >= 0.3 is 0 Å². The Morgan fingerprint density at radius 1 is 1.14 bits per heavy atom. The Morgan fingerprint density at radius 3 is 2.18 bits per heavy atom. The van der Waals surface area contributed by atoms with Crippen LogP contribution in [0.3, 0.4) is 0 Å². The highest BCUT2D eigenvalue weighted by Gasteiger charge is 2.53. The third-order valence-corrected chi connectivity index (χ3v) is 7.26. The maximum absolute atomic E-state index is 12.2. The van der Waals surface area contributed by atoms with Gasteiger partial charge in [0, 0.05) is 18.4 Å². The van der Waals surface area contributed by atoms with Gasteiger partial charge in [-0.3, -0.25) is 9.69 Å². The molecule has 4 bridgehead atoms. The van der Waals surface area contributed by atoms with Crippen molar-refractivity contribution < 1.29 is 4.79 Å². The average Bonchev–Trinajstić information content (AvgIpc) is 2.94. The molecule has 0 atom stereocenters. The molecule has 0 aromatic carbocycles. The summed E-state index contributed by atoms with van der Waals surface area (Å²) in [5.74, 6) is 2.85. The van der Waals surface area contributed by atoms with Crippen LogP contribution in [0.25, 0.3) is 0 Å². The Hall–Kier alpha value is -0.970. The summed E-state index contributed by atoms with van der Waals surface area (Å²) in [6.45, 7) is 3.86. The van der Waals surface area contributed by atoms with Gasteiger partial charge in [0.15, 0.2) is 0 Å². The number of anilines is 1. The number of hydrogen-bond donors (Lipinski definition) is 0. The molecule has 4 saturated carbocycles. The van der Waals surface area contributed by atoms with Crippen molar-refractivity contribution in [3.05, 3.63) is 5.01 Å². The quantitative estimate of drug-likeness (QED) is 0.855. The van der Waals surface area contributed by atoms with E-state index in [9.17, 15) is 4.79 Å². The molecule has 4 nitrogen and oxygen atoms in total. The molecule has 5 rings (SSSR count). The summed E-state index contributed by atoms with van der Waals surface area (Å²) in [6, 6.07) is 0. The summed E-state index contributed by atoms with van der Waals surface area (Å²) >= 11 is 1.66. The molecule has 4 aliphatic rings. The summed E-state index contributed by atoms with van der Waals surface area (Å²) in [6.07, 6.45) is 8.23. The van der Waals surface area contributed by atoms with Gasteiger partial charge < -0.3 is 0 Å². The van der Waals surface area contributed by atoms with E-state index in [1.54, 1.807) is 16.2 Å². The van der Waals surface area contributed by atoms with E-state index in [0.717, 1.165) is 22.9 Å². The van der Waals surface area contributed by atoms with Crippen LogP contribution in [-0.2, 0) is 10.2 Å². The second-order valence-electron chi connectivity index (χ2n) is 8.14. The first-order chi connectivity index (χ1) is 10.5. The first-order valence-electron chi connectivity index (χ1n) is 8.58. The molecular weight excluding hydrogens is 294 g/mol. The number of hydrogen-bond acceptors (Lipinski definition) is 4. The smallest absolute Gasteiger partial charge is 0.231 e. The van der Waals surface area contributed by atoms with Crippen molar-refractivity contribution in [2.75, 3.05) is 11.9 Å². The maximum Gasteiger partial charge on any atom is 0.231 e. The minimum Gasteiger partial charge on any atom is -0.290 e. The van der Waals surface area contributed by atoms with E-state index in [4.69, 9.17) is 0 Å². The normalized spacial score (nSPS) is 36.1. The van der Waals surface area contributed by atoms with Crippen LogP contribution in [0.1, 0.15) is 57.4 Å². The molecule has 1 aromatic heterocycles. The second-order valence-corrected chi connectivity index (χ2v) is 9.10. The van der Waals surface area contributed by atoms with Crippen molar-refractivity contribution in [1.82, 2.24) is 10.2 Å². The van der Waals surface area contributed by atoms with E-state index in [0.29, 0.717) is 0 Å². The van der Waals surface area contributed by atoms with Crippen molar-refractivity contribution in [2.45, 2.75) is 57.8 Å². The molecule has 0 aliphatic heterocycles. The molecule has 22 heavy (non-hydrogen) atoms. The van der Waals surface area contributed by atoms with Crippen LogP contribution in [0, 0.1) is 23.7 Å². The molecular formula is C17H25N3OS. The number of rotatable bonds is 3. The average molecular weight is 319 g/mol. The van der Waals surface area contributed by atoms with E-state index in [1.807, 2.05) is 20.9 Å². The summed E-state index contributed by atoms with van der Waals surface area (Å²) in [5.41, 5.74) is 0.284. The Morgan fingerprint density at radius 2 is 1.68 bits per heavy atom. The minimum absolute atomic E-state index is 0.00287. The standard InChI is InChI=1S/C17H25N3OS/c1-10(2)14(21)20(3)16-19-18-15(22-16)17-7-11-4-12(8-17)6-13(5-11)9-17/h10-13H,4-9H2,1-3H3. The Kier molecular flexibility index (Phi) is 3.33. The van der Waals surface area contributed by atoms with Crippen LogP contribution < -0.4 is 4.90 Å². The lowest BCUT2D eigenvalue weighted by Gasteiger charge is -2.55. The van der Waals surface area contributed by atoms with Gasteiger partial charge in [-0.05, 0) is 56.3 Å². The van der Waals surface area contributed by atoms with E-state index in [2.05, 4.69) is 10.2 Å². The summed E-state index contributed by atoms with van der Waals surface area (Å²) in [4.78, 5) is 13.9. The second kappa shape index (κ2) is 5.02. The Balaban J connectivity index is 1.60. The van der Waals surface area contributed by atoms with Crippen LogP contribution in [0.5, 0.6) is 0 Å². The predicted octanol–water partition coefficient (Wildman–Crippen LogP) is 3.62. The molecule has 1 heterocycles. The van der Waals surface area contributed by atoms with Gasteiger partial charge in [-0.1, -0.05) is 25.2 Å². The number of nitrogens with zero attached hydrogens (tertiary/aromatic N) is 3. The number of carbonyl (C=O) groups is 1. The largest absolute Gasteiger partial charge is 0.290 e. The van der Waals surface area contributed by atoms with Gasteiger partial charge in [-0.2, -0.15) is 0 Å². The molecule has 0 saturated heterocycles. The molecule has 1 aromatic rings. The van der Waals surface area contributed by atoms with Gasteiger partial charge in [0.25, 0.3) is 0 Å². The van der Waals surface area contributed by atoms with E-state index < -0.39 is 0 Å². The fraction of sp³-hybridized carbons (Fsp3) is 0.824. The third kappa shape index (κ3) is 2.20. The van der Waals surface area contributed by atoms with Crippen LogP contribution in [0.15, 0.2) is 0 Å². The molecule has 0 unspecified atom stereocenters. The topological polar surface area (TPSA) is 46.1 Å². The van der Waals surface area contributed by atoms with Crippen molar-refractivity contribution in [3.8, 4) is 0 Å². The SMILES string of the molecule is CC(C)C(=O)N(C)c1nnc(C23CC4CC(CC(C4)C2)C3)s1. The highest BCUT2D eigenvalue weighted by atomic mass is 32.1. The van der Waals surface area contributed by atoms with Crippen molar-refractivity contribution in [2.24, 2.45) is 23.7 Å². The van der Waals surface area contributed by atoms with Gasteiger partial charge in [0.1, 0.15) is 5.01 Å². The predicted molar refractivity (Wildman–Crippen MR) is 88.0 cm³/mol. The molecule has 0 spiro atoms. The highest BCUT2D eigenvalue weighted by Crippen LogP contribution is 2.61. The van der Waals surface area contributed by atoms with Crippen LogP contribution in [0.4, 0.5) is 5.13 Å². The van der Waals surface area contributed by atoms with Gasteiger partial charge in [-0.25, -0.2) is 0 Å². The lowest BCUT2D eigenvalue weighted by Crippen LogP contribution is -2.48. The number of aromatic nitrogens is 2. The first-order valence-corrected chi connectivity index (χ1v) is 9.40. The lowest BCUT2D eigenvalue weighted by molar-refractivity contribution is -0.121. The van der Waals surface area contributed by atoms with Crippen LogP contribution in [0.2, 0.25) is 0 Å².